The molecule has 2 saturated heterocycles. The first-order valence-electron chi connectivity index (χ1n) is 9.39. The number of nitrogens with zero attached hydrogens (tertiary/aromatic N) is 2. The van der Waals surface area contributed by atoms with Crippen molar-refractivity contribution in [2.45, 2.75) is 38.5 Å². The summed E-state index contributed by atoms with van der Waals surface area (Å²) in [6.45, 7) is 1.65. The van der Waals surface area contributed by atoms with Gasteiger partial charge >= 0.3 is 0 Å². The number of anilines is 1. The lowest BCUT2D eigenvalue weighted by Crippen LogP contribution is -2.50. The van der Waals surface area contributed by atoms with Gasteiger partial charge in [-0.25, -0.2) is 4.39 Å². The highest BCUT2D eigenvalue weighted by molar-refractivity contribution is 9.10. The molecular formula is C18H25BrFN3O3S. The van der Waals surface area contributed by atoms with Crippen LogP contribution < -0.4 is 5.32 Å². The molecule has 2 fully saturated rings. The van der Waals surface area contributed by atoms with Gasteiger partial charge in [-0.3, -0.25) is 4.79 Å². The van der Waals surface area contributed by atoms with Crippen LogP contribution in [0.3, 0.4) is 0 Å². The molecule has 1 atom stereocenters. The fourth-order valence-electron chi connectivity index (χ4n) is 3.63. The maximum absolute atomic E-state index is 14.0. The van der Waals surface area contributed by atoms with Crippen molar-refractivity contribution in [3.05, 3.63) is 28.5 Å². The van der Waals surface area contributed by atoms with Crippen LogP contribution in [0.15, 0.2) is 22.7 Å². The molecule has 3 rings (SSSR count). The van der Waals surface area contributed by atoms with E-state index in [0.717, 1.165) is 25.7 Å². The number of benzene rings is 1. The number of rotatable bonds is 4. The van der Waals surface area contributed by atoms with Crippen molar-refractivity contribution in [3.63, 3.8) is 0 Å². The van der Waals surface area contributed by atoms with Crippen LogP contribution in [0, 0.1) is 11.7 Å². The Balaban J connectivity index is 1.66. The molecule has 0 unspecified atom stereocenters. The summed E-state index contributed by atoms with van der Waals surface area (Å²) < 4.78 is 43.5. The van der Waals surface area contributed by atoms with Crippen LogP contribution in [-0.2, 0) is 15.0 Å². The molecule has 0 bridgehead atoms. The maximum atomic E-state index is 14.0. The Labute approximate surface area is 168 Å². The van der Waals surface area contributed by atoms with Crippen LogP contribution in [0.25, 0.3) is 0 Å². The van der Waals surface area contributed by atoms with E-state index in [1.807, 2.05) is 0 Å². The predicted octanol–water partition coefficient (Wildman–Crippen LogP) is 3.36. The van der Waals surface area contributed by atoms with Gasteiger partial charge in [-0.05, 0) is 43.9 Å². The Bertz CT molecular complexity index is 782. The Hall–Kier alpha value is -1.03. The highest BCUT2D eigenvalue weighted by Gasteiger charge is 2.36. The fraction of sp³-hybridized carbons (Fsp3) is 0.611. The number of hydrogen-bond acceptors (Lipinski definition) is 3. The summed E-state index contributed by atoms with van der Waals surface area (Å²) in [6.07, 6.45) is 5.06. The number of carbonyl (C=O) groups is 1. The number of carbonyl (C=O) groups excluding carboxylic acids is 1. The zero-order valence-electron chi connectivity index (χ0n) is 15.2. The third-order valence-electron chi connectivity index (χ3n) is 5.16. The summed E-state index contributed by atoms with van der Waals surface area (Å²) in [4.78, 5) is 12.6. The van der Waals surface area contributed by atoms with E-state index in [2.05, 4.69) is 21.2 Å². The van der Waals surface area contributed by atoms with Gasteiger partial charge in [0.2, 0.25) is 5.91 Å². The second-order valence-electron chi connectivity index (χ2n) is 7.13. The number of hydrogen-bond donors (Lipinski definition) is 1. The van der Waals surface area contributed by atoms with E-state index in [4.69, 9.17) is 0 Å². The Morgan fingerprint density at radius 1 is 1.07 bits per heavy atom. The van der Waals surface area contributed by atoms with E-state index in [0.29, 0.717) is 36.9 Å². The van der Waals surface area contributed by atoms with Gasteiger partial charge in [-0.15, -0.1) is 0 Å². The summed E-state index contributed by atoms with van der Waals surface area (Å²) in [6, 6.07) is 4.42. The first kappa shape index (κ1) is 20.7. The summed E-state index contributed by atoms with van der Waals surface area (Å²) in [5.41, 5.74) is 0.107. The van der Waals surface area contributed by atoms with Crippen LogP contribution >= 0.6 is 15.9 Å². The second-order valence-corrected chi connectivity index (χ2v) is 9.98. The van der Waals surface area contributed by atoms with Crippen molar-refractivity contribution in [1.82, 2.24) is 8.61 Å². The minimum atomic E-state index is -3.56. The van der Waals surface area contributed by atoms with Gasteiger partial charge < -0.3 is 5.32 Å². The predicted molar refractivity (Wildman–Crippen MR) is 106 cm³/mol. The van der Waals surface area contributed by atoms with E-state index in [1.165, 1.54) is 16.4 Å². The summed E-state index contributed by atoms with van der Waals surface area (Å²) in [5.74, 6) is -1.35. The van der Waals surface area contributed by atoms with Crippen LogP contribution in [-0.4, -0.2) is 49.1 Å². The zero-order chi connectivity index (χ0) is 19.4. The lowest BCUT2D eigenvalue weighted by molar-refractivity contribution is -0.120. The fourth-order valence-corrected chi connectivity index (χ4v) is 5.73. The minimum Gasteiger partial charge on any atom is -0.323 e. The molecule has 0 spiro atoms. The van der Waals surface area contributed by atoms with Crippen molar-refractivity contribution in [2.75, 3.05) is 31.5 Å². The quantitative estimate of drug-likeness (QED) is 0.746. The molecule has 9 heteroatoms. The molecule has 0 aromatic heterocycles. The average molecular weight is 462 g/mol. The molecule has 150 valence electrons. The van der Waals surface area contributed by atoms with Gasteiger partial charge in [0.05, 0.1) is 11.6 Å². The number of amides is 1. The molecule has 2 heterocycles. The molecule has 1 aromatic carbocycles. The van der Waals surface area contributed by atoms with Gasteiger partial charge in [0.1, 0.15) is 5.82 Å². The SMILES string of the molecule is O=C(Nc1ccc(Br)cc1F)[C@H]1CCCN(S(=O)(=O)N2CCCCCC2)C1. The Kier molecular flexibility index (Phi) is 6.88. The molecule has 2 aliphatic rings. The molecule has 1 amide bonds. The lowest BCUT2D eigenvalue weighted by Gasteiger charge is -2.34. The summed E-state index contributed by atoms with van der Waals surface area (Å²) >= 11 is 3.18. The van der Waals surface area contributed by atoms with E-state index < -0.39 is 21.9 Å². The number of nitrogens with one attached hydrogen (secondary N) is 1. The molecule has 2 aliphatic heterocycles. The first-order valence-corrected chi connectivity index (χ1v) is 11.6. The highest BCUT2D eigenvalue weighted by atomic mass is 79.9. The number of piperidine rings is 1. The number of halogens is 2. The molecule has 1 N–H and O–H groups in total. The molecular weight excluding hydrogens is 437 g/mol. The van der Waals surface area contributed by atoms with E-state index in [1.54, 1.807) is 10.4 Å². The molecule has 6 nitrogen and oxygen atoms in total. The van der Waals surface area contributed by atoms with Crippen molar-refractivity contribution in [3.8, 4) is 0 Å². The lowest BCUT2D eigenvalue weighted by atomic mass is 9.98. The van der Waals surface area contributed by atoms with Crippen LogP contribution in [0.1, 0.15) is 38.5 Å². The third kappa shape index (κ3) is 5.07. The van der Waals surface area contributed by atoms with Crippen LogP contribution in [0.5, 0.6) is 0 Å². The van der Waals surface area contributed by atoms with Crippen molar-refractivity contribution < 1.29 is 17.6 Å². The van der Waals surface area contributed by atoms with Crippen LogP contribution in [0.4, 0.5) is 10.1 Å². The van der Waals surface area contributed by atoms with E-state index in [-0.39, 0.29) is 18.1 Å². The molecule has 27 heavy (non-hydrogen) atoms. The van der Waals surface area contributed by atoms with Crippen molar-refractivity contribution in [2.24, 2.45) is 5.92 Å². The van der Waals surface area contributed by atoms with Gasteiger partial charge in [-0.1, -0.05) is 28.8 Å². The molecule has 0 aliphatic carbocycles. The van der Waals surface area contributed by atoms with Gasteiger partial charge in [0, 0.05) is 30.7 Å². The summed E-state index contributed by atoms with van der Waals surface area (Å²) in [5, 5.41) is 2.60. The smallest absolute Gasteiger partial charge is 0.281 e. The Morgan fingerprint density at radius 3 is 2.41 bits per heavy atom. The highest BCUT2D eigenvalue weighted by Crippen LogP contribution is 2.25. The van der Waals surface area contributed by atoms with Gasteiger partial charge in [0.25, 0.3) is 10.2 Å². The monoisotopic (exact) mass is 461 g/mol. The first-order chi connectivity index (χ1) is 12.9. The van der Waals surface area contributed by atoms with Gasteiger partial charge in [-0.2, -0.15) is 17.0 Å². The standard InChI is InChI=1S/C18H25BrFN3O3S/c19-15-7-8-17(16(20)12-15)21-18(24)14-6-5-11-23(13-14)27(25,26)22-9-3-1-2-4-10-22/h7-8,12,14H,1-6,9-11,13H2,(H,21,24)/t14-/m0/s1. The molecule has 0 saturated carbocycles. The van der Waals surface area contributed by atoms with Crippen molar-refractivity contribution >= 4 is 37.7 Å². The van der Waals surface area contributed by atoms with Crippen LogP contribution in [0.2, 0.25) is 0 Å². The maximum Gasteiger partial charge on any atom is 0.281 e. The molecule has 1 aromatic rings. The second kappa shape index (κ2) is 8.98. The normalized spacial score (nSPS) is 23.0. The van der Waals surface area contributed by atoms with Gasteiger partial charge in [0.15, 0.2) is 0 Å². The van der Waals surface area contributed by atoms with E-state index >= 15 is 0 Å². The topological polar surface area (TPSA) is 69.7 Å². The average Bonchev–Trinajstić information content (AvgIpc) is 2.94. The van der Waals surface area contributed by atoms with Crippen molar-refractivity contribution in [1.29, 1.82) is 0 Å². The zero-order valence-corrected chi connectivity index (χ0v) is 17.6. The molecule has 0 radical (unpaired) electrons. The largest absolute Gasteiger partial charge is 0.323 e. The summed E-state index contributed by atoms with van der Waals surface area (Å²) in [7, 11) is -3.56. The third-order valence-corrected chi connectivity index (χ3v) is 7.66. The van der Waals surface area contributed by atoms with E-state index in [9.17, 15) is 17.6 Å². The Morgan fingerprint density at radius 2 is 1.74 bits per heavy atom. The minimum absolute atomic E-state index is 0.107.